The summed E-state index contributed by atoms with van der Waals surface area (Å²) in [4.78, 5) is 2.47. The Kier molecular flexibility index (Phi) is 4.57. The Morgan fingerprint density at radius 1 is 1.29 bits per heavy atom. The van der Waals surface area contributed by atoms with E-state index in [4.69, 9.17) is 0 Å². The molecule has 2 rings (SSSR count). The first-order valence-corrected chi connectivity index (χ1v) is 6.76. The van der Waals surface area contributed by atoms with Gasteiger partial charge < -0.3 is 10.2 Å². The lowest BCUT2D eigenvalue weighted by molar-refractivity contribution is 0.282. The number of hydrogen-bond donors (Lipinski definition) is 1. The molecule has 1 aromatic rings. The van der Waals surface area contributed by atoms with Crippen molar-refractivity contribution in [3.8, 4) is 0 Å². The molecule has 0 saturated heterocycles. The van der Waals surface area contributed by atoms with E-state index in [0.717, 1.165) is 19.0 Å². The molecule has 94 valence electrons. The van der Waals surface area contributed by atoms with Gasteiger partial charge in [0.1, 0.15) is 0 Å². The summed E-state index contributed by atoms with van der Waals surface area (Å²) >= 11 is 0. The molecule has 0 amide bonds. The van der Waals surface area contributed by atoms with Crippen molar-refractivity contribution < 1.29 is 0 Å². The minimum Gasteiger partial charge on any atom is -0.309 e. The maximum atomic E-state index is 3.58. The molecule has 1 aliphatic carbocycles. The van der Waals surface area contributed by atoms with Gasteiger partial charge in [0.2, 0.25) is 0 Å². The second-order valence-electron chi connectivity index (χ2n) is 5.19. The fraction of sp³-hybridized carbons (Fsp3) is 0.600. The Morgan fingerprint density at radius 2 is 2.00 bits per heavy atom. The molecular formula is C15H24N2. The fourth-order valence-corrected chi connectivity index (χ4v) is 2.35. The largest absolute Gasteiger partial charge is 0.309 e. The molecule has 1 aromatic carbocycles. The maximum Gasteiger partial charge on any atom is 0.0449 e. The van der Waals surface area contributed by atoms with Crippen LogP contribution in [0.15, 0.2) is 30.3 Å². The Labute approximate surface area is 105 Å². The average molecular weight is 232 g/mol. The van der Waals surface area contributed by atoms with Crippen LogP contribution >= 0.6 is 0 Å². The number of rotatable bonds is 7. The third-order valence-electron chi connectivity index (χ3n) is 3.41. The molecular weight excluding hydrogens is 208 g/mol. The Morgan fingerprint density at radius 3 is 2.59 bits per heavy atom. The zero-order chi connectivity index (χ0) is 12.1. The van der Waals surface area contributed by atoms with Crippen LogP contribution in [0.2, 0.25) is 0 Å². The van der Waals surface area contributed by atoms with Crippen molar-refractivity contribution in [2.75, 3.05) is 26.7 Å². The van der Waals surface area contributed by atoms with Crippen molar-refractivity contribution in [1.29, 1.82) is 0 Å². The summed E-state index contributed by atoms with van der Waals surface area (Å²) in [6, 6.07) is 11.2. The van der Waals surface area contributed by atoms with E-state index in [0.29, 0.717) is 6.04 Å². The molecule has 1 N–H and O–H groups in total. The molecule has 1 fully saturated rings. The summed E-state index contributed by atoms with van der Waals surface area (Å²) in [5, 5.41) is 3.58. The first-order chi connectivity index (χ1) is 8.29. The van der Waals surface area contributed by atoms with Crippen LogP contribution in [0.3, 0.4) is 0 Å². The van der Waals surface area contributed by atoms with Gasteiger partial charge in [0.05, 0.1) is 0 Å². The molecule has 1 aliphatic rings. The molecule has 2 heteroatoms. The van der Waals surface area contributed by atoms with Gasteiger partial charge in [0.25, 0.3) is 0 Å². The lowest BCUT2D eigenvalue weighted by atomic mass is 10.1. The fourth-order valence-electron chi connectivity index (χ4n) is 2.35. The first-order valence-electron chi connectivity index (χ1n) is 6.76. The van der Waals surface area contributed by atoms with Crippen LogP contribution in [0.5, 0.6) is 0 Å². The lowest BCUT2D eigenvalue weighted by Gasteiger charge is -2.25. The second-order valence-corrected chi connectivity index (χ2v) is 5.19. The van der Waals surface area contributed by atoms with Crippen LogP contribution in [0.25, 0.3) is 0 Å². The molecule has 0 heterocycles. The van der Waals surface area contributed by atoms with Crippen LogP contribution in [-0.4, -0.2) is 31.6 Å². The summed E-state index contributed by atoms with van der Waals surface area (Å²) < 4.78 is 0. The summed E-state index contributed by atoms with van der Waals surface area (Å²) in [6.07, 6.45) is 2.86. The molecule has 1 saturated carbocycles. The first kappa shape index (κ1) is 12.6. The van der Waals surface area contributed by atoms with Gasteiger partial charge in [0.15, 0.2) is 0 Å². The smallest absolute Gasteiger partial charge is 0.0449 e. The average Bonchev–Trinajstić information content (AvgIpc) is 3.13. The number of nitrogens with one attached hydrogen (secondary N) is 1. The van der Waals surface area contributed by atoms with Gasteiger partial charge in [0, 0.05) is 19.1 Å². The van der Waals surface area contributed by atoms with Crippen molar-refractivity contribution >= 4 is 0 Å². The predicted octanol–water partition coefficient (Wildman–Crippen LogP) is 2.68. The second kappa shape index (κ2) is 6.18. The molecule has 0 radical (unpaired) electrons. The quantitative estimate of drug-likeness (QED) is 0.777. The number of nitrogens with zero attached hydrogens (tertiary/aromatic N) is 1. The summed E-state index contributed by atoms with van der Waals surface area (Å²) in [7, 11) is 2.24. The van der Waals surface area contributed by atoms with Crippen molar-refractivity contribution in [3.05, 3.63) is 35.9 Å². The minimum atomic E-state index is 0.463. The molecule has 0 bridgehead atoms. The zero-order valence-electron chi connectivity index (χ0n) is 11.0. The van der Waals surface area contributed by atoms with Crippen LogP contribution in [-0.2, 0) is 0 Å². The third-order valence-corrected chi connectivity index (χ3v) is 3.41. The highest BCUT2D eigenvalue weighted by Crippen LogP contribution is 2.29. The highest BCUT2D eigenvalue weighted by molar-refractivity contribution is 5.19. The van der Waals surface area contributed by atoms with E-state index in [9.17, 15) is 0 Å². The SMILES string of the molecule is CCNC(CN(C)CC1CC1)c1ccccc1. The summed E-state index contributed by atoms with van der Waals surface area (Å²) in [5.41, 5.74) is 1.40. The van der Waals surface area contributed by atoms with E-state index < -0.39 is 0 Å². The highest BCUT2D eigenvalue weighted by atomic mass is 15.1. The van der Waals surface area contributed by atoms with Crippen LogP contribution in [0.4, 0.5) is 0 Å². The van der Waals surface area contributed by atoms with Crippen LogP contribution < -0.4 is 5.32 Å². The van der Waals surface area contributed by atoms with E-state index in [1.807, 2.05) is 0 Å². The lowest BCUT2D eigenvalue weighted by Crippen LogP contribution is -2.34. The van der Waals surface area contributed by atoms with Crippen LogP contribution in [0, 0.1) is 5.92 Å². The standard InChI is InChI=1S/C15H24N2/c1-3-16-15(14-7-5-4-6-8-14)12-17(2)11-13-9-10-13/h4-8,13,15-16H,3,9-12H2,1-2H3. The van der Waals surface area contributed by atoms with Gasteiger partial charge in [-0.2, -0.15) is 0 Å². The Bertz CT molecular complexity index is 319. The van der Waals surface area contributed by atoms with Crippen molar-refractivity contribution in [3.63, 3.8) is 0 Å². The summed E-state index contributed by atoms with van der Waals surface area (Å²) in [5.74, 6) is 0.970. The molecule has 1 atom stereocenters. The van der Waals surface area contributed by atoms with Gasteiger partial charge in [-0.1, -0.05) is 37.3 Å². The van der Waals surface area contributed by atoms with Crippen molar-refractivity contribution in [1.82, 2.24) is 10.2 Å². The number of likely N-dealkylation sites (N-methyl/N-ethyl adjacent to an activating group) is 2. The summed E-state index contributed by atoms with van der Waals surface area (Å²) in [6.45, 7) is 5.57. The van der Waals surface area contributed by atoms with Crippen molar-refractivity contribution in [2.45, 2.75) is 25.8 Å². The van der Waals surface area contributed by atoms with Gasteiger partial charge in [-0.3, -0.25) is 0 Å². The molecule has 2 nitrogen and oxygen atoms in total. The normalized spacial score (nSPS) is 17.4. The Balaban J connectivity index is 1.91. The van der Waals surface area contributed by atoms with E-state index in [2.05, 4.69) is 54.5 Å². The van der Waals surface area contributed by atoms with Crippen molar-refractivity contribution in [2.24, 2.45) is 5.92 Å². The maximum absolute atomic E-state index is 3.58. The third kappa shape index (κ3) is 4.14. The molecule has 1 unspecified atom stereocenters. The highest BCUT2D eigenvalue weighted by Gasteiger charge is 2.23. The van der Waals surface area contributed by atoms with E-state index >= 15 is 0 Å². The van der Waals surface area contributed by atoms with Crippen LogP contribution in [0.1, 0.15) is 31.4 Å². The van der Waals surface area contributed by atoms with E-state index in [1.54, 1.807) is 0 Å². The van der Waals surface area contributed by atoms with Gasteiger partial charge in [-0.15, -0.1) is 0 Å². The topological polar surface area (TPSA) is 15.3 Å². The number of benzene rings is 1. The molecule has 17 heavy (non-hydrogen) atoms. The number of hydrogen-bond acceptors (Lipinski definition) is 2. The zero-order valence-corrected chi connectivity index (χ0v) is 11.0. The van der Waals surface area contributed by atoms with Gasteiger partial charge >= 0.3 is 0 Å². The molecule has 0 aromatic heterocycles. The van der Waals surface area contributed by atoms with Gasteiger partial charge in [-0.25, -0.2) is 0 Å². The molecule has 0 aliphatic heterocycles. The molecule has 0 spiro atoms. The van der Waals surface area contributed by atoms with E-state index in [-0.39, 0.29) is 0 Å². The Hall–Kier alpha value is -0.860. The van der Waals surface area contributed by atoms with E-state index in [1.165, 1.54) is 24.9 Å². The minimum absolute atomic E-state index is 0.463. The van der Waals surface area contributed by atoms with Gasteiger partial charge in [-0.05, 0) is 37.9 Å². The monoisotopic (exact) mass is 232 g/mol. The predicted molar refractivity (Wildman–Crippen MR) is 73.1 cm³/mol.